The van der Waals surface area contributed by atoms with E-state index in [1.807, 2.05) is 24.3 Å². The number of hydrogen-bond acceptors (Lipinski definition) is 3. The van der Waals surface area contributed by atoms with Crippen LogP contribution in [-0.4, -0.2) is 31.7 Å². The molecule has 18 heavy (non-hydrogen) atoms. The molecule has 1 aromatic carbocycles. The van der Waals surface area contributed by atoms with Crippen molar-refractivity contribution in [3.05, 3.63) is 29.8 Å². The molecule has 0 aliphatic carbocycles. The number of amides is 2. The van der Waals surface area contributed by atoms with Crippen molar-refractivity contribution in [3.63, 3.8) is 0 Å². The van der Waals surface area contributed by atoms with Gasteiger partial charge in [-0.2, -0.15) is 0 Å². The minimum atomic E-state index is -0.242. The zero-order valence-electron chi connectivity index (χ0n) is 11.4. The third kappa shape index (κ3) is 4.73. The largest absolute Gasteiger partial charge is 0.333 e. The average molecular weight is 250 g/mol. The molecule has 0 bridgehead atoms. The Labute approximate surface area is 109 Å². The smallest absolute Gasteiger partial charge is 0.310 e. The van der Waals surface area contributed by atoms with Gasteiger partial charge in [0.15, 0.2) is 0 Å². The van der Waals surface area contributed by atoms with Crippen molar-refractivity contribution in [2.45, 2.75) is 19.9 Å². The summed E-state index contributed by atoms with van der Waals surface area (Å²) >= 11 is 0. The summed E-state index contributed by atoms with van der Waals surface area (Å²) < 4.78 is 0. The van der Waals surface area contributed by atoms with Gasteiger partial charge in [-0.1, -0.05) is 19.1 Å². The molecule has 0 saturated heterocycles. The van der Waals surface area contributed by atoms with Gasteiger partial charge in [0.2, 0.25) is 0 Å². The van der Waals surface area contributed by atoms with Crippen LogP contribution in [0.2, 0.25) is 0 Å². The van der Waals surface area contributed by atoms with E-state index in [0.29, 0.717) is 0 Å². The van der Waals surface area contributed by atoms with E-state index in [-0.39, 0.29) is 12.1 Å². The van der Waals surface area contributed by atoms with Gasteiger partial charge >= 0.3 is 6.03 Å². The van der Waals surface area contributed by atoms with Crippen LogP contribution in [0.4, 0.5) is 10.5 Å². The van der Waals surface area contributed by atoms with Crippen LogP contribution in [-0.2, 0) is 0 Å². The molecule has 0 fully saturated rings. The second-order valence-corrected chi connectivity index (χ2v) is 4.37. The highest BCUT2D eigenvalue weighted by Crippen LogP contribution is 2.17. The third-order valence-corrected chi connectivity index (χ3v) is 2.48. The van der Waals surface area contributed by atoms with Gasteiger partial charge in [0, 0.05) is 25.8 Å². The number of nitrogens with one attached hydrogen (secondary N) is 3. The Morgan fingerprint density at radius 2 is 2.11 bits per heavy atom. The molecule has 0 aliphatic heterocycles. The summed E-state index contributed by atoms with van der Waals surface area (Å²) in [6.07, 6.45) is 0. The van der Waals surface area contributed by atoms with E-state index in [2.05, 4.69) is 29.9 Å². The van der Waals surface area contributed by atoms with E-state index in [1.165, 1.54) is 0 Å². The van der Waals surface area contributed by atoms with Crippen molar-refractivity contribution in [1.82, 2.24) is 15.8 Å². The third-order valence-electron chi connectivity index (χ3n) is 2.48. The molecule has 0 aromatic heterocycles. The minimum Gasteiger partial charge on any atom is -0.310 e. The van der Waals surface area contributed by atoms with Crippen LogP contribution in [0.25, 0.3) is 0 Å². The summed E-state index contributed by atoms with van der Waals surface area (Å²) in [7, 11) is 3.53. The predicted molar refractivity (Wildman–Crippen MR) is 74.4 cm³/mol. The standard InChI is InChI=1S/C13H22N4O/c1-5-14-10(2)11-7-6-8-12(9-11)15-13(18)16-17(3)4/h6-10,14H,5H2,1-4H3,(H2,15,16,18). The second-order valence-electron chi connectivity index (χ2n) is 4.37. The molecule has 5 heteroatoms. The molecule has 0 spiro atoms. The maximum absolute atomic E-state index is 11.6. The lowest BCUT2D eigenvalue weighted by molar-refractivity contribution is 0.224. The van der Waals surface area contributed by atoms with Gasteiger partial charge in [-0.05, 0) is 31.2 Å². The molecule has 100 valence electrons. The number of rotatable bonds is 5. The van der Waals surface area contributed by atoms with Crippen LogP contribution in [0, 0.1) is 0 Å². The molecule has 0 heterocycles. The number of hydrazine groups is 1. The van der Waals surface area contributed by atoms with E-state index in [0.717, 1.165) is 17.8 Å². The van der Waals surface area contributed by atoms with E-state index in [1.54, 1.807) is 19.1 Å². The Hall–Kier alpha value is -1.59. The molecule has 3 N–H and O–H groups in total. The van der Waals surface area contributed by atoms with Crippen molar-refractivity contribution in [2.24, 2.45) is 0 Å². The summed E-state index contributed by atoms with van der Waals surface area (Å²) in [4.78, 5) is 11.6. The number of benzene rings is 1. The summed E-state index contributed by atoms with van der Waals surface area (Å²) in [5.41, 5.74) is 4.57. The maximum Gasteiger partial charge on any atom is 0.333 e. The molecule has 0 saturated carbocycles. The highest BCUT2D eigenvalue weighted by molar-refractivity contribution is 5.88. The fourth-order valence-electron chi connectivity index (χ4n) is 1.67. The van der Waals surface area contributed by atoms with Gasteiger partial charge in [-0.25, -0.2) is 9.80 Å². The molecule has 2 amide bonds. The summed E-state index contributed by atoms with van der Waals surface area (Å²) in [5.74, 6) is 0. The molecule has 1 atom stereocenters. The van der Waals surface area contributed by atoms with Crippen molar-refractivity contribution >= 4 is 11.7 Å². The van der Waals surface area contributed by atoms with E-state index < -0.39 is 0 Å². The quantitative estimate of drug-likeness (QED) is 0.700. The molecule has 5 nitrogen and oxygen atoms in total. The van der Waals surface area contributed by atoms with Gasteiger partial charge in [0.25, 0.3) is 0 Å². The number of carbonyl (C=O) groups excluding carboxylic acids is 1. The molecule has 1 unspecified atom stereocenters. The summed E-state index contributed by atoms with van der Waals surface area (Å²) in [6.45, 7) is 5.09. The van der Waals surface area contributed by atoms with Crippen LogP contribution < -0.4 is 16.1 Å². The fraction of sp³-hybridized carbons (Fsp3) is 0.462. The van der Waals surface area contributed by atoms with Crippen LogP contribution in [0.5, 0.6) is 0 Å². The molecule has 0 aliphatic rings. The summed E-state index contributed by atoms with van der Waals surface area (Å²) in [5, 5.41) is 7.73. The van der Waals surface area contributed by atoms with Gasteiger partial charge in [0.05, 0.1) is 0 Å². The van der Waals surface area contributed by atoms with Crippen LogP contribution in [0.1, 0.15) is 25.5 Å². The molecular formula is C13H22N4O. The van der Waals surface area contributed by atoms with Gasteiger partial charge in [-0.15, -0.1) is 0 Å². The molecule has 0 radical (unpaired) electrons. The van der Waals surface area contributed by atoms with Crippen molar-refractivity contribution in [2.75, 3.05) is 26.0 Å². The first-order chi connectivity index (χ1) is 8.52. The van der Waals surface area contributed by atoms with E-state index >= 15 is 0 Å². The number of nitrogens with zero attached hydrogens (tertiary/aromatic N) is 1. The predicted octanol–water partition coefficient (Wildman–Crippen LogP) is 1.96. The van der Waals surface area contributed by atoms with Gasteiger partial charge < -0.3 is 10.6 Å². The number of anilines is 1. The normalized spacial score (nSPS) is 12.3. The zero-order valence-corrected chi connectivity index (χ0v) is 11.4. The Balaban J connectivity index is 2.67. The molecule has 1 rings (SSSR count). The van der Waals surface area contributed by atoms with Crippen LogP contribution in [0.15, 0.2) is 24.3 Å². The maximum atomic E-state index is 11.6. The summed E-state index contributed by atoms with van der Waals surface area (Å²) in [6, 6.07) is 7.86. The molecular weight excluding hydrogens is 228 g/mol. The average Bonchev–Trinajstić information content (AvgIpc) is 2.28. The first-order valence-electron chi connectivity index (χ1n) is 6.11. The van der Waals surface area contributed by atoms with Crippen LogP contribution >= 0.6 is 0 Å². The molecule has 1 aromatic rings. The van der Waals surface area contributed by atoms with Crippen molar-refractivity contribution in [3.8, 4) is 0 Å². The van der Waals surface area contributed by atoms with Gasteiger partial charge in [-0.3, -0.25) is 5.43 Å². The highest BCUT2D eigenvalue weighted by Gasteiger charge is 2.06. The monoisotopic (exact) mass is 250 g/mol. The first-order valence-corrected chi connectivity index (χ1v) is 6.11. The van der Waals surface area contributed by atoms with Gasteiger partial charge in [0.1, 0.15) is 0 Å². The first kappa shape index (κ1) is 14.5. The second kappa shape index (κ2) is 6.98. The Kier molecular flexibility index (Phi) is 5.61. The lowest BCUT2D eigenvalue weighted by Crippen LogP contribution is -2.39. The Morgan fingerprint density at radius 3 is 2.72 bits per heavy atom. The number of carbonyl (C=O) groups is 1. The van der Waals surface area contributed by atoms with E-state index in [4.69, 9.17) is 0 Å². The Morgan fingerprint density at radius 1 is 1.39 bits per heavy atom. The van der Waals surface area contributed by atoms with Crippen LogP contribution in [0.3, 0.4) is 0 Å². The van der Waals surface area contributed by atoms with Crippen molar-refractivity contribution < 1.29 is 4.79 Å². The topological polar surface area (TPSA) is 56.4 Å². The highest BCUT2D eigenvalue weighted by atomic mass is 16.2. The lowest BCUT2D eigenvalue weighted by atomic mass is 10.1. The van der Waals surface area contributed by atoms with E-state index in [9.17, 15) is 4.79 Å². The Bertz CT molecular complexity index is 392. The SMILES string of the molecule is CCNC(C)c1cccc(NC(=O)NN(C)C)c1. The zero-order chi connectivity index (χ0) is 13.5. The van der Waals surface area contributed by atoms with Crippen molar-refractivity contribution in [1.29, 1.82) is 0 Å². The fourth-order valence-corrected chi connectivity index (χ4v) is 1.67. The number of urea groups is 1. The number of hydrogen-bond donors (Lipinski definition) is 3. The lowest BCUT2D eigenvalue weighted by Gasteiger charge is -2.16. The minimum absolute atomic E-state index is 0.242.